The van der Waals surface area contributed by atoms with Crippen LogP contribution in [-0.2, 0) is 0 Å². The van der Waals surface area contributed by atoms with Gasteiger partial charge >= 0.3 is 0 Å². The predicted octanol–water partition coefficient (Wildman–Crippen LogP) is 5.22. The Balaban J connectivity index is 2.06. The van der Waals surface area contributed by atoms with Crippen LogP contribution in [0.1, 0.15) is 37.6 Å². The number of benzene rings is 2. The van der Waals surface area contributed by atoms with Crippen molar-refractivity contribution >= 4 is 49.0 Å². The first-order valence-corrected chi connectivity index (χ1v) is 10.6. The zero-order chi connectivity index (χ0) is 21.0. The van der Waals surface area contributed by atoms with Crippen LogP contribution in [0.5, 0.6) is 5.75 Å². The normalized spacial score (nSPS) is 12.2. The Labute approximate surface area is 185 Å². The van der Waals surface area contributed by atoms with Crippen LogP contribution < -0.4 is 10.3 Å². The third kappa shape index (κ3) is 4.74. The van der Waals surface area contributed by atoms with E-state index in [1.54, 1.807) is 24.4 Å². The molecule has 0 aliphatic rings. The first-order chi connectivity index (χ1) is 13.9. The topological polar surface area (TPSA) is 80.3 Å². The summed E-state index contributed by atoms with van der Waals surface area (Å²) in [6.07, 6.45) is 2.44. The van der Waals surface area contributed by atoms with E-state index < -0.39 is 0 Å². The summed E-state index contributed by atoms with van der Waals surface area (Å²) in [5, 5.41) is 13.6. The van der Waals surface area contributed by atoms with Gasteiger partial charge in [0.05, 0.1) is 21.6 Å². The van der Waals surface area contributed by atoms with E-state index in [0.29, 0.717) is 26.9 Å². The van der Waals surface area contributed by atoms with Gasteiger partial charge in [0, 0.05) is 10.4 Å². The first kappa shape index (κ1) is 21.2. The number of halogens is 2. The van der Waals surface area contributed by atoms with Gasteiger partial charge in [-0.25, -0.2) is 4.98 Å². The number of ether oxygens (including phenoxy) is 1. The van der Waals surface area contributed by atoms with Crippen LogP contribution in [-0.4, -0.2) is 22.5 Å². The quantitative estimate of drug-likeness (QED) is 0.420. The van der Waals surface area contributed by atoms with E-state index in [1.807, 2.05) is 38.1 Å². The number of rotatable bonds is 6. The van der Waals surface area contributed by atoms with Crippen molar-refractivity contribution in [1.29, 1.82) is 5.26 Å². The smallest absolute Gasteiger partial charge is 0.282 e. The first-order valence-electron chi connectivity index (χ1n) is 9.00. The summed E-state index contributed by atoms with van der Waals surface area (Å²) in [6.45, 7) is 4.04. The highest BCUT2D eigenvalue weighted by Crippen LogP contribution is 2.25. The summed E-state index contributed by atoms with van der Waals surface area (Å²) >= 11 is 6.83. The molecule has 29 heavy (non-hydrogen) atoms. The van der Waals surface area contributed by atoms with Crippen LogP contribution >= 0.6 is 31.9 Å². The van der Waals surface area contributed by atoms with Crippen molar-refractivity contribution in [2.24, 2.45) is 5.10 Å². The van der Waals surface area contributed by atoms with Crippen LogP contribution in [0.25, 0.3) is 10.9 Å². The minimum atomic E-state index is -0.212. The van der Waals surface area contributed by atoms with Gasteiger partial charge < -0.3 is 4.74 Å². The fraction of sp³-hybridized carbons (Fsp3) is 0.238. The van der Waals surface area contributed by atoms with Gasteiger partial charge in [-0.15, -0.1) is 0 Å². The minimum Gasteiger partial charge on any atom is -0.478 e. The van der Waals surface area contributed by atoms with Crippen molar-refractivity contribution in [3.8, 4) is 11.8 Å². The van der Waals surface area contributed by atoms with E-state index in [4.69, 9.17) is 15.0 Å². The maximum Gasteiger partial charge on any atom is 0.282 e. The summed E-state index contributed by atoms with van der Waals surface area (Å²) in [4.78, 5) is 17.8. The molecule has 2 aromatic carbocycles. The number of hydrogen-bond acceptors (Lipinski definition) is 5. The van der Waals surface area contributed by atoms with Crippen molar-refractivity contribution in [2.45, 2.75) is 26.2 Å². The fourth-order valence-electron chi connectivity index (χ4n) is 2.73. The lowest BCUT2D eigenvalue weighted by atomic mass is 10.1. The maximum atomic E-state index is 13.1. The summed E-state index contributed by atoms with van der Waals surface area (Å²) < 4.78 is 8.21. The van der Waals surface area contributed by atoms with Crippen molar-refractivity contribution in [2.75, 3.05) is 6.61 Å². The van der Waals surface area contributed by atoms with E-state index >= 15 is 0 Å². The third-order valence-electron chi connectivity index (χ3n) is 4.46. The highest BCUT2D eigenvalue weighted by molar-refractivity contribution is 9.10. The van der Waals surface area contributed by atoms with E-state index in [0.717, 1.165) is 16.5 Å². The minimum absolute atomic E-state index is 0.0297. The Kier molecular flexibility index (Phi) is 6.83. The molecule has 0 spiro atoms. The largest absolute Gasteiger partial charge is 0.478 e. The molecule has 1 heterocycles. The molecule has 3 aromatic rings. The molecule has 0 radical (unpaired) electrons. The van der Waals surface area contributed by atoms with E-state index in [1.165, 1.54) is 4.68 Å². The number of hydrogen-bond donors (Lipinski definition) is 0. The molecule has 0 amide bonds. The molecule has 0 bridgehead atoms. The molecule has 0 fully saturated rings. The summed E-state index contributed by atoms with van der Waals surface area (Å²) in [5.74, 6) is 1.26. The van der Waals surface area contributed by atoms with Gasteiger partial charge in [0.1, 0.15) is 17.6 Å². The average Bonchev–Trinajstić information content (AvgIpc) is 2.72. The molecule has 148 valence electrons. The summed E-state index contributed by atoms with van der Waals surface area (Å²) in [6, 6.07) is 12.8. The lowest BCUT2D eigenvalue weighted by Crippen LogP contribution is -2.23. The molecule has 6 nitrogen and oxygen atoms in total. The zero-order valence-corrected chi connectivity index (χ0v) is 19.1. The molecular formula is C21H18Br2N4O2. The van der Waals surface area contributed by atoms with Crippen LogP contribution in [0.4, 0.5) is 0 Å². The highest BCUT2D eigenvalue weighted by Gasteiger charge is 2.15. The Hall–Kier alpha value is -2.50. The average molecular weight is 518 g/mol. The van der Waals surface area contributed by atoms with Gasteiger partial charge in [0.15, 0.2) is 6.61 Å². The number of nitriles is 1. The van der Waals surface area contributed by atoms with Crippen molar-refractivity contribution in [1.82, 2.24) is 9.66 Å². The monoisotopic (exact) mass is 516 g/mol. The lowest BCUT2D eigenvalue weighted by molar-refractivity contribution is 0.366. The molecule has 0 N–H and O–H groups in total. The number of fused-ring (bicyclic) bond motifs is 1. The zero-order valence-electron chi connectivity index (χ0n) is 15.9. The Morgan fingerprint density at radius 2 is 2.10 bits per heavy atom. The second-order valence-corrected chi connectivity index (χ2v) is 8.21. The number of aromatic nitrogens is 2. The van der Waals surface area contributed by atoms with Crippen molar-refractivity contribution in [3.05, 3.63) is 67.1 Å². The molecule has 1 aromatic heterocycles. The standard InChI is InChI=1S/C21H18Br2N4O2/c1-3-13(2)20-26-18-6-5-15(22)11-16(18)21(28)27(20)25-12-14-4-7-19(17(23)10-14)29-9-8-24/h4-7,10-13H,3,9H2,1-2H3/t13-/m1/s1. The van der Waals surface area contributed by atoms with E-state index in [9.17, 15) is 4.79 Å². The molecule has 0 aliphatic heterocycles. The Morgan fingerprint density at radius 3 is 2.79 bits per heavy atom. The number of nitrogens with zero attached hydrogens (tertiary/aromatic N) is 4. The van der Waals surface area contributed by atoms with Gasteiger partial charge in [0.2, 0.25) is 0 Å². The fourth-order valence-corrected chi connectivity index (χ4v) is 3.60. The Morgan fingerprint density at radius 1 is 1.31 bits per heavy atom. The molecule has 3 rings (SSSR count). The van der Waals surface area contributed by atoms with Crippen LogP contribution in [0, 0.1) is 11.3 Å². The van der Waals surface area contributed by atoms with Gasteiger partial charge in [-0.2, -0.15) is 15.0 Å². The van der Waals surface area contributed by atoms with Crippen molar-refractivity contribution in [3.63, 3.8) is 0 Å². The molecular weight excluding hydrogens is 500 g/mol. The molecule has 8 heteroatoms. The second kappa shape index (κ2) is 9.33. The maximum absolute atomic E-state index is 13.1. The highest BCUT2D eigenvalue weighted by atomic mass is 79.9. The lowest BCUT2D eigenvalue weighted by Gasteiger charge is -2.14. The molecule has 0 saturated carbocycles. The molecule has 0 unspecified atom stereocenters. The van der Waals surface area contributed by atoms with Crippen LogP contribution in [0.3, 0.4) is 0 Å². The Bertz CT molecular complexity index is 1180. The SMILES string of the molecule is CC[C@@H](C)c1nc2ccc(Br)cc2c(=O)n1N=Cc1ccc(OCC#N)c(Br)c1. The third-order valence-corrected chi connectivity index (χ3v) is 5.57. The summed E-state index contributed by atoms with van der Waals surface area (Å²) in [5.41, 5.74) is 1.22. The summed E-state index contributed by atoms with van der Waals surface area (Å²) in [7, 11) is 0. The van der Waals surface area contributed by atoms with Gasteiger partial charge in [-0.05, 0) is 64.3 Å². The van der Waals surface area contributed by atoms with E-state index in [2.05, 4.69) is 37.0 Å². The van der Waals surface area contributed by atoms with Gasteiger partial charge in [-0.3, -0.25) is 4.79 Å². The van der Waals surface area contributed by atoms with Crippen molar-refractivity contribution < 1.29 is 4.74 Å². The molecule has 1 atom stereocenters. The van der Waals surface area contributed by atoms with Crippen LogP contribution in [0.15, 0.2) is 55.2 Å². The van der Waals surface area contributed by atoms with E-state index in [-0.39, 0.29) is 18.1 Å². The van der Waals surface area contributed by atoms with Crippen LogP contribution in [0.2, 0.25) is 0 Å². The predicted molar refractivity (Wildman–Crippen MR) is 121 cm³/mol. The second-order valence-electron chi connectivity index (χ2n) is 6.44. The van der Waals surface area contributed by atoms with Gasteiger partial charge in [-0.1, -0.05) is 29.8 Å². The van der Waals surface area contributed by atoms with Gasteiger partial charge in [0.25, 0.3) is 5.56 Å². The molecule has 0 saturated heterocycles. The molecule has 0 aliphatic carbocycles.